The number of carboxylic acids is 1. The molecule has 8 nitrogen and oxygen atoms in total. The highest BCUT2D eigenvalue weighted by atomic mass is 16.5. The molecule has 1 unspecified atom stereocenters. The van der Waals surface area contributed by atoms with Crippen LogP contribution < -0.4 is 19.8 Å². The largest absolute Gasteiger partial charge is 0.493 e. The molecular formula is C23H18N2O6. The number of rotatable bonds is 5. The number of aromatic nitrogens is 2. The number of nitrogens with zero attached hydrogens (tertiary/aromatic N) is 2. The molecule has 1 N–H and O–H groups in total. The highest BCUT2D eigenvalue weighted by Gasteiger charge is 2.22. The zero-order valence-electron chi connectivity index (χ0n) is 17.0. The Balaban J connectivity index is 1.93. The van der Waals surface area contributed by atoms with E-state index in [9.17, 15) is 9.59 Å². The SMILES string of the molecule is COc1ccc2c(c1OC)c(=O)n1c3ccc(OC(C)C(=O)O)cc3c3ccnc2c31. The number of carbonyl (C=O) groups is 1. The Labute approximate surface area is 175 Å². The van der Waals surface area contributed by atoms with E-state index in [1.54, 1.807) is 40.9 Å². The number of benzene rings is 2. The second-order valence-corrected chi connectivity index (χ2v) is 7.20. The molecule has 8 heteroatoms. The molecule has 5 rings (SSSR count). The molecule has 0 aliphatic carbocycles. The van der Waals surface area contributed by atoms with Crippen molar-refractivity contribution in [1.29, 1.82) is 0 Å². The number of aliphatic carboxylic acids is 1. The zero-order chi connectivity index (χ0) is 21.9. The van der Waals surface area contributed by atoms with Gasteiger partial charge in [-0.25, -0.2) is 4.79 Å². The van der Waals surface area contributed by atoms with Crippen LogP contribution in [0.3, 0.4) is 0 Å². The Kier molecular flexibility index (Phi) is 4.11. The molecule has 3 heterocycles. The van der Waals surface area contributed by atoms with E-state index in [1.165, 1.54) is 21.1 Å². The molecule has 0 radical (unpaired) electrons. The number of ether oxygens (including phenoxy) is 3. The Morgan fingerprint density at radius 1 is 1.06 bits per heavy atom. The molecule has 3 aromatic heterocycles. The van der Waals surface area contributed by atoms with Crippen molar-refractivity contribution in [3.05, 3.63) is 52.9 Å². The average molecular weight is 418 g/mol. The first-order valence-electron chi connectivity index (χ1n) is 9.59. The van der Waals surface area contributed by atoms with Crippen LogP contribution in [0.4, 0.5) is 0 Å². The minimum Gasteiger partial charge on any atom is -0.493 e. The number of pyridine rings is 2. The van der Waals surface area contributed by atoms with Crippen molar-refractivity contribution in [1.82, 2.24) is 9.38 Å². The van der Waals surface area contributed by atoms with Crippen LogP contribution in [-0.2, 0) is 4.79 Å². The molecule has 1 atom stereocenters. The van der Waals surface area contributed by atoms with Crippen LogP contribution in [0, 0.1) is 0 Å². The van der Waals surface area contributed by atoms with Gasteiger partial charge in [0.1, 0.15) is 5.75 Å². The van der Waals surface area contributed by atoms with E-state index in [-0.39, 0.29) is 5.56 Å². The summed E-state index contributed by atoms with van der Waals surface area (Å²) in [5.74, 6) is 0.161. The maximum Gasteiger partial charge on any atom is 0.344 e. The Hall–Kier alpha value is -4.07. The van der Waals surface area contributed by atoms with Gasteiger partial charge in [0.15, 0.2) is 17.6 Å². The third kappa shape index (κ3) is 2.58. The maximum atomic E-state index is 13.7. The van der Waals surface area contributed by atoms with E-state index in [1.807, 2.05) is 6.07 Å². The third-order valence-corrected chi connectivity index (χ3v) is 5.53. The average Bonchev–Trinajstić information content (AvgIpc) is 3.11. The summed E-state index contributed by atoms with van der Waals surface area (Å²) in [6.07, 6.45) is 0.687. The standard InChI is InChI=1S/C23H18N2O6/c1-11(23(27)28)31-12-4-6-16-15(10-12)13-8-9-24-19-14-5-7-17(29-2)21(30-3)18(14)22(26)25(16)20(13)19/h4-11H,1-3H3,(H,27,28). The molecule has 5 aromatic rings. The highest BCUT2D eigenvalue weighted by Crippen LogP contribution is 2.39. The molecule has 0 fully saturated rings. The van der Waals surface area contributed by atoms with Crippen molar-refractivity contribution in [2.24, 2.45) is 0 Å². The second kappa shape index (κ2) is 6.73. The van der Waals surface area contributed by atoms with Gasteiger partial charge in [0, 0.05) is 22.4 Å². The lowest BCUT2D eigenvalue weighted by atomic mass is 10.1. The third-order valence-electron chi connectivity index (χ3n) is 5.53. The molecule has 0 saturated carbocycles. The summed E-state index contributed by atoms with van der Waals surface area (Å²) in [4.78, 5) is 29.4. The van der Waals surface area contributed by atoms with Crippen molar-refractivity contribution in [3.8, 4) is 17.2 Å². The van der Waals surface area contributed by atoms with Gasteiger partial charge >= 0.3 is 5.97 Å². The van der Waals surface area contributed by atoms with Crippen LogP contribution in [0.5, 0.6) is 17.2 Å². The highest BCUT2D eigenvalue weighted by molar-refractivity contribution is 6.19. The van der Waals surface area contributed by atoms with Gasteiger partial charge in [0.05, 0.1) is 36.2 Å². The molecule has 156 valence electrons. The van der Waals surface area contributed by atoms with Crippen LogP contribution >= 0.6 is 0 Å². The minimum atomic E-state index is -1.06. The van der Waals surface area contributed by atoms with E-state index >= 15 is 0 Å². The topological polar surface area (TPSA) is 99.4 Å². The Morgan fingerprint density at radius 2 is 1.87 bits per heavy atom. The van der Waals surface area contributed by atoms with Crippen molar-refractivity contribution in [3.63, 3.8) is 0 Å². The van der Waals surface area contributed by atoms with Gasteiger partial charge in [-0.1, -0.05) is 0 Å². The summed E-state index contributed by atoms with van der Waals surface area (Å²) in [6, 6.07) is 10.5. The Bertz CT molecular complexity index is 1560. The number of hydrogen-bond donors (Lipinski definition) is 1. The summed E-state index contributed by atoms with van der Waals surface area (Å²) in [5.41, 5.74) is 1.76. The minimum absolute atomic E-state index is 0.251. The number of methoxy groups -OCH3 is 2. The van der Waals surface area contributed by atoms with E-state index in [0.29, 0.717) is 44.6 Å². The van der Waals surface area contributed by atoms with Gasteiger partial charge in [-0.2, -0.15) is 0 Å². The lowest BCUT2D eigenvalue weighted by Crippen LogP contribution is -2.22. The fourth-order valence-corrected chi connectivity index (χ4v) is 4.13. The van der Waals surface area contributed by atoms with Crippen molar-refractivity contribution < 1.29 is 24.1 Å². The quantitative estimate of drug-likeness (QED) is 0.436. The molecule has 2 aromatic carbocycles. The van der Waals surface area contributed by atoms with Gasteiger partial charge in [-0.15, -0.1) is 0 Å². The first-order chi connectivity index (χ1) is 15.0. The van der Waals surface area contributed by atoms with Crippen LogP contribution in [0.25, 0.3) is 38.1 Å². The number of fused-ring (bicyclic) bond motifs is 5. The molecule has 0 saturated heterocycles. The number of hydrogen-bond acceptors (Lipinski definition) is 6. The van der Waals surface area contributed by atoms with Gasteiger partial charge in [-0.3, -0.25) is 14.2 Å². The van der Waals surface area contributed by atoms with Gasteiger partial charge in [0.25, 0.3) is 5.56 Å². The monoisotopic (exact) mass is 418 g/mol. The van der Waals surface area contributed by atoms with Crippen molar-refractivity contribution >= 4 is 44.1 Å². The summed E-state index contributed by atoms with van der Waals surface area (Å²) in [6.45, 7) is 1.46. The maximum absolute atomic E-state index is 13.7. The fraction of sp³-hybridized carbons (Fsp3) is 0.174. The normalized spacial score (nSPS) is 12.6. The van der Waals surface area contributed by atoms with Crippen molar-refractivity contribution in [2.75, 3.05) is 14.2 Å². The molecule has 0 aliphatic rings. The molecular weight excluding hydrogens is 400 g/mol. The predicted octanol–water partition coefficient (Wildman–Crippen LogP) is 3.46. The molecule has 0 bridgehead atoms. The van der Waals surface area contributed by atoms with Crippen molar-refractivity contribution in [2.45, 2.75) is 13.0 Å². The molecule has 0 amide bonds. The smallest absolute Gasteiger partial charge is 0.344 e. The van der Waals surface area contributed by atoms with Gasteiger partial charge < -0.3 is 19.3 Å². The molecule has 0 aliphatic heterocycles. The predicted molar refractivity (Wildman–Crippen MR) is 116 cm³/mol. The summed E-state index contributed by atoms with van der Waals surface area (Å²) in [5, 5.41) is 11.8. The second-order valence-electron chi connectivity index (χ2n) is 7.20. The number of carboxylic acid groups (broad SMARTS) is 1. The van der Waals surface area contributed by atoms with Gasteiger partial charge in [0.2, 0.25) is 0 Å². The zero-order valence-corrected chi connectivity index (χ0v) is 17.0. The van der Waals surface area contributed by atoms with Gasteiger partial charge in [-0.05, 0) is 43.3 Å². The van der Waals surface area contributed by atoms with E-state index < -0.39 is 12.1 Å². The summed E-state index contributed by atoms with van der Waals surface area (Å²) >= 11 is 0. The fourth-order valence-electron chi connectivity index (χ4n) is 4.13. The lowest BCUT2D eigenvalue weighted by Gasteiger charge is -2.12. The van der Waals surface area contributed by atoms with Crippen LogP contribution in [0.1, 0.15) is 6.92 Å². The molecule has 0 spiro atoms. The van der Waals surface area contributed by atoms with Crippen LogP contribution in [-0.4, -0.2) is 40.8 Å². The summed E-state index contributed by atoms with van der Waals surface area (Å²) in [7, 11) is 3.02. The van der Waals surface area contributed by atoms with Crippen LogP contribution in [0.15, 0.2) is 47.4 Å². The van der Waals surface area contributed by atoms with E-state index in [0.717, 1.165) is 10.8 Å². The van der Waals surface area contributed by atoms with Crippen LogP contribution in [0.2, 0.25) is 0 Å². The first-order valence-corrected chi connectivity index (χ1v) is 9.59. The van der Waals surface area contributed by atoms with E-state index in [4.69, 9.17) is 19.3 Å². The molecule has 31 heavy (non-hydrogen) atoms. The summed E-state index contributed by atoms with van der Waals surface area (Å²) < 4.78 is 18.1. The first kappa shape index (κ1) is 18.9. The van der Waals surface area contributed by atoms with E-state index in [2.05, 4.69) is 4.98 Å². The lowest BCUT2D eigenvalue weighted by molar-refractivity contribution is -0.144. The Morgan fingerprint density at radius 3 is 2.58 bits per heavy atom.